The molecule has 2 heterocycles. The van der Waals surface area contributed by atoms with Gasteiger partial charge in [-0.05, 0) is 31.0 Å². The summed E-state index contributed by atoms with van der Waals surface area (Å²) in [5.74, 6) is 2.54. The Bertz CT molecular complexity index is 690. The van der Waals surface area contributed by atoms with Crippen LogP contribution in [0, 0.1) is 0 Å². The van der Waals surface area contributed by atoms with Gasteiger partial charge in [0.2, 0.25) is 5.95 Å². The minimum absolute atomic E-state index is 0.130. The van der Waals surface area contributed by atoms with E-state index in [2.05, 4.69) is 14.9 Å². The molecule has 1 unspecified atom stereocenters. The Labute approximate surface area is 140 Å². The minimum atomic E-state index is 0.130. The second-order valence-corrected chi connectivity index (χ2v) is 5.75. The second kappa shape index (κ2) is 6.50. The number of rotatable bonds is 4. The normalized spacial score (nSPS) is 17.3. The highest BCUT2D eigenvalue weighted by Gasteiger charge is 2.30. The smallest absolute Gasteiger partial charge is 0.223 e. The van der Waals surface area contributed by atoms with Crippen LogP contribution >= 0.6 is 11.6 Å². The van der Waals surface area contributed by atoms with Gasteiger partial charge in [0.05, 0.1) is 20.3 Å². The molecule has 0 spiro atoms. The lowest BCUT2D eigenvalue weighted by atomic mass is 10.0. The molecule has 3 rings (SSSR count). The van der Waals surface area contributed by atoms with Gasteiger partial charge in [-0.15, -0.1) is 0 Å². The Morgan fingerprint density at radius 3 is 2.74 bits per heavy atom. The summed E-state index contributed by atoms with van der Waals surface area (Å²) in [5.41, 5.74) is 6.80. The molecule has 122 valence electrons. The zero-order valence-corrected chi connectivity index (χ0v) is 13.9. The van der Waals surface area contributed by atoms with Crippen LogP contribution in [0.4, 0.5) is 11.8 Å². The van der Waals surface area contributed by atoms with Crippen LogP contribution in [0.15, 0.2) is 24.3 Å². The number of methoxy groups -OCH3 is 2. The molecule has 1 aliphatic heterocycles. The molecule has 6 nitrogen and oxygen atoms in total. The molecule has 1 aromatic carbocycles. The number of ether oxygens (including phenoxy) is 2. The van der Waals surface area contributed by atoms with Crippen molar-refractivity contribution in [1.82, 2.24) is 9.97 Å². The van der Waals surface area contributed by atoms with E-state index in [1.165, 1.54) is 0 Å². The Morgan fingerprint density at radius 2 is 2.04 bits per heavy atom. The number of nitrogens with two attached hydrogens (primary N) is 1. The fraction of sp³-hybridized carbons (Fsp3) is 0.375. The highest BCUT2D eigenvalue weighted by atomic mass is 35.5. The monoisotopic (exact) mass is 334 g/mol. The molecule has 0 saturated carbocycles. The van der Waals surface area contributed by atoms with E-state index in [0.29, 0.717) is 5.15 Å². The predicted octanol–water partition coefficient (Wildman–Crippen LogP) is 3.07. The van der Waals surface area contributed by atoms with Crippen LogP contribution in [0.1, 0.15) is 24.4 Å². The standard InChI is InChI=1S/C16H19ClN4O2/c1-22-10-5-6-13(23-2)11(8-10)12-4-3-7-21(12)15-9-14(17)19-16(18)20-15/h5-6,8-9,12H,3-4,7H2,1-2H3,(H2,18,19,20). The summed E-state index contributed by atoms with van der Waals surface area (Å²) >= 11 is 6.03. The van der Waals surface area contributed by atoms with Gasteiger partial charge < -0.3 is 20.1 Å². The van der Waals surface area contributed by atoms with Crippen molar-refractivity contribution in [3.63, 3.8) is 0 Å². The zero-order chi connectivity index (χ0) is 16.4. The molecule has 0 amide bonds. The van der Waals surface area contributed by atoms with E-state index >= 15 is 0 Å². The third-order valence-electron chi connectivity index (χ3n) is 4.04. The summed E-state index contributed by atoms with van der Waals surface area (Å²) < 4.78 is 10.9. The molecular formula is C16H19ClN4O2. The number of hydrogen-bond acceptors (Lipinski definition) is 6. The van der Waals surface area contributed by atoms with Crippen LogP contribution in [-0.2, 0) is 0 Å². The third kappa shape index (κ3) is 3.12. The molecule has 23 heavy (non-hydrogen) atoms. The molecule has 1 atom stereocenters. The van der Waals surface area contributed by atoms with Crippen LogP contribution in [0.25, 0.3) is 0 Å². The average Bonchev–Trinajstić information content (AvgIpc) is 3.02. The Kier molecular flexibility index (Phi) is 4.43. The van der Waals surface area contributed by atoms with E-state index < -0.39 is 0 Å². The van der Waals surface area contributed by atoms with Crippen molar-refractivity contribution in [3.8, 4) is 11.5 Å². The van der Waals surface area contributed by atoms with Gasteiger partial charge in [0.15, 0.2) is 0 Å². The summed E-state index contributed by atoms with van der Waals surface area (Å²) in [6.45, 7) is 0.873. The zero-order valence-electron chi connectivity index (χ0n) is 13.1. The summed E-state index contributed by atoms with van der Waals surface area (Å²) in [5, 5.41) is 0.343. The maximum absolute atomic E-state index is 6.03. The van der Waals surface area contributed by atoms with Crippen molar-refractivity contribution in [3.05, 3.63) is 35.0 Å². The van der Waals surface area contributed by atoms with Crippen LogP contribution < -0.4 is 20.1 Å². The Balaban J connectivity index is 2.01. The molecule has 0 radical (unpaired) electrons. The number of halogens is 1. The highest BCUT2D eigenvalue weighted by molar-refractivity contribution is 6.29. The lowest BCUT2D eigenvalue weighted by Gasteiger charge is -2.27. The van der Waals surface area contributed by atoms with E-state index in [0.717, 1.165) is 42.3 Å². The number of benzene rings is 1. The maximum atomic E-state index is 6.03. The van der Waals surface area contributed by atoms with Crippen molar-refractivity contribution < 1.29 is 9.47 Å². The fourth-order valence-electron chi connectivity index (χ4n) is 3.03. The second-order valence-electron chi connectivity index (χ2n) is 5.37. The molecule has 1 aromatic heterocycles. The van der Waals surface area contributed by atoms with Crippen LogP contribution in [0.5, 0.6) is 11.5 Å². The van der Waals surface area contributed by atoms with Gasteiger partial charge in [0, 0.05) is 18.2 Å². The SMILES string of the molecule is COc1ccc(OC)c(C2CCCN2c2cc(Cl)nc(N)n2)c1. The number of nitrogen functional groups attached to an aromatic ring is 1. The average molecular weight is 335 g/mol. The van der Waals surface area contributed by atoms with E-state index in [1.807, 2.05) is 18.2 Å². The molecule has 0 aliphatic carbocycles. The summed E-state index contributed by atoms with van der Waals surface area (Å²) in [4.78, 5) is 10.4. The van der Waals surface area contributed by atoms with Gasteiger partial charge in [-0.25, -0.2) is 4.98 Å². The molecule has 1 saturated heterocycles. The van der Waals surface area contributed by atoms with Crippen molar-refractivity contribution in [1.29, 1.82) is 0 Å². The lowest BCUT2D eigenvalue weighted by molar-refractivity contribution is 0.395. The Hall–Kier alpha value is -2.21. The predicted molar refractivity (Wildman–Crippen MR) is 90.3 cm³/mol. The van der Waals surface area contributed by atoms with Gasteiger partial charge >= 0.3 is 0 Å². The molecule has 7 heteroatoms. The van der Waals surface area contributed by atoms with Gasteiger partial charge in [0.25, 0.3) is 0 Å². The molecule has 1 fully saturated rings. The first-order valence-corrected chi connectivity index (χ1v) is 7.79. The summed E-state index contributed by atoms with van der Waals surface area (Å²) in [6.07, 6.45) is 2.04. The van der Waals surface area contributed by atoms with Crippen molar-refractivity contribution >= 4 is 23.4 Å². The van der Waals surface area contributed by atoms with Gasteiger partial charge in [-0.2, -0.15) is 4.98 Å². The van der Waals surface area contributed by atoms with Gasteiger partial charge in [0.1, 0.15) is 22.5 Å². The number of hydrogen-bond donors (Lipinski definition) is 1. The van der Waals surface area contributed by atoms with E-state index in [1.54, 1.807) is 20.3 Å². The minimum Gasteiger partial charge on any atom is -0.497 e. The number of aromatic nitrogens is 2. The molecule has 1 aliphatic rings. The maximum Gasteiger partial charge on any atom is 0.223 e. The lowest BCUT2D eigenvalue weighted by Crippen LogP contribution is -2.24. The molecule has 2 N–H and O–H groups in total. The van der Waals surface area contributed by atoms with E-state index in [9.17, 15) is 0 Å². The quantitative estimate of drug-likeness (QED) is 0.866. The van der Waals surface area contributed by atoms with Crippen molar-refractivity contribution in [2.24, 2.45) is 0 Å². The number of nitrogens with zero attached hydrogens (tertiary/aromatic N) is 3. The first-order valence-electron chi connectivity index (χ1n) is 7.41. The largest absolute Gasteiger partial charge is 0.497 e. The topological polar surface area (TPSA) is 73.5 Å². The fourth-order valence-corrected chi connectivity index (χ4v) is 3.22. The van der Waals surface area contributed by atoms with Crippen LogP contribution in [0.2, 0.25) is 5.15 Å². The van der Waals surface area contributed by atoms with Crippen LogP contribution in [-0.4, -0.2) is 30.7 Å². The van der Waals surface area contributed by atoms with Gasteiger partial charge in [-0.3, -0.25) is 0 Å². The van der Waals surface area contributed by atoms with E-state index in [-0.39, 0.29) is 12.0 Å². The Morgan fingerprint density at radius 1 is 1.22 bits per heavy atom. The van der Waals surface area contributed by atoms with Crippen LogP contribution in [0.3, 0.4) is 0 Å². The molecule has 2 aromatic rings. The van der Waals surface area contributed by atoms with E-state index in [4.69, 9.17) is 26.8 Å². The first-order chi connectivity index (χ1) is 11.1. The van der Waals surface area contributed by atoms with Gasteiger partial charge in [-0.1, -0.05) is 11.6 Å². The molecular weight excluding hydrogens is 316 g/mol. The van der Waals surface area contributed by atoms with Crippen molar-refractivity contribution in [2.45, 2.75) is 18.9 Å². The summed E-state index contributed by atoms with van der Waals surface area (Å²) in [7, 11) is 3.33. The molecule has 0 bridgehead atoms. The highest BCUT2D eigenvalue weighted by Crippen LogP contribution is 2.41. The van der Waals surface area contributed by atoms with Crippen molar-refractivity contribution in [2.75, 3.05) is 31.4 Å². The number of anilines is 2. The summed E-state index contributed by atoms with van der Waals surface area (Å²) in [6, 6.07) is 7.69. The third-order valence-corrected chi connectivity index (χ3v) is 4.24. The first kappa shape index (κ1) is 15.7.